The molecule has 14 heavy (non-hydrogen) atoms. The molecule has 1 aromatic rings. The van der Waals surface area contributed by atoms with Gasteiger partial charge in [-0.1, -0.05) is 11.6 Å². The highest BCUT2D eigenvalue weighted by Crippen LogP contribution is 2.31. The number of hydrogen-bond acceptors (Lipinski definition) is 2. The van der Waals surface area contributed by atoms with Crippen LogP contribution in [0.1, 0.15) is 23.6 Å². The number of halogens is 1. The van der Waals surface area contributed by atoms with Gasteiger partial charge in [0.25, 0.3) is 0 Å². The molecule has 0 atom stereocenters. The fourth-order valence-electron chi connectivity index (χ4n) is 1.39. The lowest BCUT2D eigenvalue weighted by molar-refractivity contribution is -0.116. The molecule has 0 spiro atoms. The number of rotatable bonds is 2. The molecule has 0 unspecified atom stereocenters. The van der Waals surface area contributed by atoms with Crippen LogP contribution in [-0.2, 0) is 11.2 Å². The molecule has 1 N–H and O–H groups in total. The molecule has 1 rings (SSSR count). The van der Waals surface area contributed by atoms with E-state index in [4.69, 9.17) is 11.6 Å². The number of phenols is 1. The summed E-state index contributed by atoms with van der Waals surface area (Å²) in [6.07, 6.45) is 0.235. The number of benzene rings is 1. The number of aromatic hydroxyl groups is 1. The molecule has 2 nitrogen and oxygen atoms in total. The molecular weight excluding hydrogens is 200 g/mol. The molecule has 0 fully saturated rings. The first kappa shape index (κ1) is 11.1. The maximum Gasteiger partial charge on any atom is 0.134 e. The van der Waals surface area contributed by atoms with Crippen molar-refractivity contribution < 1.29 is 9.90 Å². The molecular formula is C11H13ClO2. The van der Waals surface area contributed by atoms with Crippen LogP contribution >= 0.6 is 11.6 Å². The van der Waals surface area contributed by atoms with Crippen LogP contribution in [0.25, 0.3) is 0 Å². The number of aryl methyl sites for hydroxylation is 1. The molecule has 0 saturated carbocycles. The number of hydrogen-bond donors (Lipinski definition) is 1. The molecule has 0 bridgehead atoms. The second-order valence-electron chi connectivity index (χ2n) is 3.51. The average molecular weight is 213 g/mol. The van der Waals surface area contributed by atoms with Crippen LogP contribution < -0.4 is 0 Å². The van der Waals surface area contributed by atoms with Crippen molar-refractivity contribution in [3.8, 4) is 5.75 Å². The van der Waals surface area contributed by atoms with Crippen molar-refractivity contribution in [3.63, 3.8) is 0 Å². The second kappa shape index (κ2) is 4.01. The summed E-state index contributed by atoms with van der Waals surface area (Å²) in [6, 6.07) is 1.70. The summed E-state index contributed by atoms with van der Waals surface area (Å²) in [6.45, 7) is 5.07. The topological polar surface area (TPSA) is 37.3 Å². The summed E-state index contributed by atoms with van der Waals surface area (Å²) >= 11 is 5.95. The summed E-state index contributed by atoms with van der Waals surface area (Å²) in [5, 5.41) is 10.3. The van der Waals surface area contributed by atoms with Crippen LogP contribution in [0, 0.1) is 13.8 Å². The van der Waals surface area contributed by atoms with Gasteiger partial charge in [-0.15, -0.1) is 0 Å². The van der Waals surface area contributed by atoms with E-state index in [1.807, 2.05) is 0 Å². The molecule has 0 aromatic heterocycles. The van der Waals surface area contributed by atoms with E-state index in [2.05, 4.69) is 0 Å². The second-order valence-corrected chi connectivity index (χ2v) is 3.91. The Morgan fingerprint density at radius 3 is 2.57 bits per heavy atom. The highest BCUT2D eigenvalue weighted by molar-refractivity contribution is 6.31. The minimum atomic E-state index is 0.0186. The number of carbonyl (C=O) groups excluding carboxylic acids is 1. The Bertz CT molecular complexity index is 357. The highest BCUT2D eigenvalue weighted by Gasteiger charge is 2.12. The van der Waals surface area contributed by atoms with Gasteiger partial charge < -0.3 is 5.11 Å². The van der Waals surface area contributed by atoms with E-state index < -0.39 is 0 Å². The lowest BCUT2D eigenvalue weighted by Crippen LogP contribution is -2.01. The molecule has 76 valence electrons. The van der Waals surface area contributed by atoms with E-state index in [-0.39, 0.29) is 18.0 Å². The quantitative estimate of drug-likeness (QED) is 0.819. The first-order valence-electron chi connectivity index (χ1n) is 4.40. The first-order valence-corrected chi connectivity index (χ1v) is 4.78. The average Bonchev–Trinajstić information content (AvgIpc) is 2.09. The van der Waals surface area contributed by atoms with Gasteiger partial charge in [-0.3, -0.25) is 4.79 Å². The Kier molecular flexibility index (Phi) is 3.17. The third kappa shape index (κ3) is 2.07. The zero-order chi connectivity index (χ0) is 10.9. The summed E-state index contributed by atoms with van der Waals surface area (Å²) in [7, 11) is 0. The SMILES string of the molecule is CC(=O)Cc1c(C)c(Cl)cc(C)c1O. The third-order valence-electron chi connectivity index (χ3n) is 2.24. The van der Waals surface area contributed by atoms with Crippen molar-refractivity contribution in [1.82, 2.24) is 0 Å². The molecule has 0 amide bonds. The molecule has 0 aliphatic carbocycles. The van der Waals surface area contributed by atoms with Crippen LogP contribution in [0.4, 0.5) is 0 Å². The highest BCUT2D eigenvalue weighted by atomic mass is 35.5. The van der Waals surface area contributed by atoms with Gasteiger partial charge in [0.2, 0.25) is 0 Å². The van der Waals surface area contributed by atoms with Gasteiger partial charge in [0.15, 0.2) is 0 Å². The number of Topliss-reactive ketones (excluding diaryl/α,β-unsaturated/α-hetero) is 1. The minimum Gasteiger partial charge on any atom is -0.507 e. The molecule has 0 aliphatic heterocycles. The van der Waals surface area contributed by atoms with Gasteiger partial charge >= 0.3 is 0 Å². The van der Waals surface area contributed by atoms with Crippen molar-refractivity contribution in [3.05, 3.63) is 27.8 Å². The molecule has 0 saturated heterocycles. The van der Waals surface area contributed by atoms with Gasteiger partial charge in [-0.25, -0.2) is 0 Å². The molecule has 0 heterocycles. The zero-order valence-corrected chi connectivity index (χ0v) is 9.27. The number of carbonyl (C=O) groups is 1. The predicted octanol–water partition coefficient (Wildman–Crippen LogP) is 2.79. The maximum atomic E-state index is 11.0. The van der Waals surface area contributed by atoms with Gasteiger partial charge in [0, 0.05) is 17.0 Å². The van der Waals surface area contributed by atoms with E-state index in [0.29, 0.717) is 16.1 Å². The molecule has 3 heteroatoms. The molecule has 0 radical (unpaired) electrons. The van der Waals surface area contributed by atoms with Crippen LogP contribution in [0.5, 0.6) is 5.75 Å². The van der Waals surface area contributed by atoms with Crippen LogP contribution in [0.15, 0.2) is 6.07 Å². The predicted molar refractivity (Wildman–Crippen MR) is 57.0 cm³/mol. The van der Waals surface area contributed by atoms with Crippen LogP contribution in [-0.4, -0.2) is 10.9 Å². The van der Waals surface area contributed by atoms with Gasteiger partial charge in [0.05, 0.1) is 0 Å². The van der Waals surface area contributed by atoms with Gasteiger partial charge in [0.1, 0.15) is 11.5 Å². The number of ketones is 1. The number of phenolic OH excluding ortho intramolecular Hbond substituents is 1. The van der Waals surface area contributed by atoms with Crippen LogP contribution in [0.2, 0.25) is 5.02 Å². The summed E-state index contributed by atoms with van der Waals surface area (Å²) in [5.74, 6) is 0.201. The van der Waals surface area contributed by atoms with Crippen molar-refractivity contribution in [1.29, 1.82) is 0 Å². The molecule has 1 aromatic carbocycles. The van der Waals surface area contributed by atoms with Crippen molar-refractivity contribution in [2.45, 2.75) is 27.2 Å². The Morgan fingerprint density at radius 2 is 2.07 bits per heavy atom. The van der Waals surface area contributed by atoms with Crippen molar-refractivity contribution >= 4 is 17.4 Å². The fraction of sp³-hybridized carbons (Fsp3) is 0.364. The first-order chi connectivity index (χ1) is 6.43. The van der Waals surface area contributed by atoms with E-state index >= 15 is 0 Å². The Labute approximate surface area is 88.5 Å². The Hall–Kier alpha value is -1.02. The zero-order valence-electron chi connectivity index (χ0n) is 8.52. The smallest absolute Gasteiger partial charge is 0.134 e. The molecule has 0 aliphatic rings. The fourth-order valence-corrected chi connectivity index (χ4v) is 1.67. The van der Waals surface area contributed by atoms with E-state index in [9.17, 15) is 9.90 Å². The van der Waals surface area contributed by atoms with Gasteiger partial charge in [-0.2, -0.15) is 0 Å². The van der Waals surface area contributed by atoms with Crippen molar-refractivity contribution in [2.24, 2.45) is 0 Å². The van der Waals surface area contributed by atoms with Crippen LogP contribution in [0.3, 0.4) is 0 Å². The van der Waals surface area contributed by atoms with Gasteiger partial charge in [-0.05, 0) is 38.0 Å². The maximum absolute atomic E-state index is 11.0. The lowest BCUT2D eigenvalue weighted by Gasteiger charge is -2.11. The van der Waals surface area contributed by atoms with E-state index in [0.717, 1.165) is 5.56 Å². The minimum absolute atomic E-state index is 0.0186. The third-order valence-corrected chi connectivity index (χ3v) is 2.63. The monoisotopic (exact) mass is 212 g/mol. The van der Waals surface area contributed by atoms with E-state index in [1.165, 1.54) is 6.92 Å². The standard InChI is InChI=1S/C11H13ClO2/c1-6-4-10(12)8(3)9(11(6)14)5-7(2)13/h4,14H,5H2,1-3H3. The van der Waals surface area contributed by atoms with E-state index in [1.54, 1.807) is 19.9 Å². The lowest BCUT2D eigenvalue weighted by atomic mass is 9.99. The van der Waals surface area contributed by atoms with Crippen molar-refractivity contribution in [2.75, 3.05) is 0 Å². The Morgan fingerprint density at radius 1 is 1.50 bits per heavy atom. The summed E-state index contributed by atoms with van der Waals surface area (Å²) in [4.78, 5) is 11.0. The summed E-state index contributed by atoms with van der Waals surface area (Å²) in [5.41, 5.74) is 2.13. The normalized spacial score (nSPS) is 10.3. The summed E-state index contributed by atoms with van der Waals surface area (Å²) < 4.78 is 0. The largest absolute Gasteiger partial charge is 0.507 e. The Balaban J connectivity index is 3.31.